The highest BCUT2D eigenvalue weighted by Crippen LogP contribution is 2.30. The SMILES string of the molecule is [C-]#[N+]c1cc(F)cc([C@@H](C)n2cnc3sc4c(c3c2=O)CCNC4)c1. The summed E-state index contributed by atoms with van der Waals surface area (Å²) in [6.45, 7) is 10.5. The maximum Gasteiger partial charge on any atom is 0.262 e. The van der Waals surface area contributed by atoms with Crippen LogP contribution in [-0.2, 0) is 13.0 Å². The summed E-state index contributed by atoms with van der Waals surface area (Å²) < 4.78 is 15.3. The summed E-state index contributed by atoms with van der Waals surface area (Å²) in [5.41, 5.74) is 1.78. The van der Waals surface area contributed by atoms with Gasteiger partial charge in [0.25, 0.3) is 5.56 Å². The number of hydrogen-bond acceptors (Lipinski definition) is 4. The zero-order valence-corrected chi connectivity index (χ0v) is 14.4. The number of rotatable bonds is 2. The van der Waals surface area contributed by atoms with E-state index in [0.717, 1.165) is 34.8 Å². The molecule has 0 spiro atoms. The normalized spacial score (nSPS) is 14.9. The molecule has 0 unspecified atom stereocenters. The maximum atomic E-state index is 13.8. The monoisotopic (exact) mass is 354 g/mol. The van der Waals surface area contributed by atoms with Crippen LogP contribution in [0.25, 0.3) is 15.1 Å². The Balaban J connectivity index is 1.87. The van der Waals surface area contributed by atoms with E-state index in [9.17, 15) is 9.18 Å². The number of halogens is 1. The van der Waals surface area contributed by atoms with Crippen LogP contribution in [0.5, 0.6) is 0 Å². The van der Waals surface area contributed by atoms with Crippen LogP contribution in [0.1, 0.15) is 29.0 Å². The second kappa shape index (κ2) is 6.06. The Bertz CT molecular complexity index is 1080. The van der Waals surface area contributed by atoms with E-state index in [-0.39, 0.29) is 11.2 Å². The number of benzene rings is 1. The predicted octanol–water partition coefficient (Wildman–Crippen LogP) is 3.40. The molecule has 7 heteroatoms. The first kappa shape index (κ1) is 15.9. The molecule has 5 nitrogen and oxygen atoms in total. The van der Waals surface area contributed by atoms with Gasteiger partial charge in [-0.15, -0.1) is 11.3 Å². The van der Waals surface area contributed by atoms with Crippen molar-refractivity contribution in [1.82, 2.24) is 14.9 Å². The molecule has 0 fully saturated rings. The molecule has 1 N–H and O–H groups in total. The molecule has 0 radical (unpaired) electrons. The summed E-state index contributed by atoms with van der Waals surface area (Å²) in [6, 6.07) is 3.76. The first-order valence-corrected chi connectivity index (χ1v) is 8.80. The van der Waals surface area contributed by atoms with Crippen LogP contribution in [0.4, 0.5) is 10.1 Å². The minimum Gasteiger partial charge on any atom is -0.312 e. The Hall–Kier alpha value is -2.56. The highest BCUT2D eigenvalue weighted by Gasteiger charge is 2.21. The summed E-state index contributed by atoms with van der Waals surface area (Å²) in [6.07, 6.45) is 2.33. The average molecular weight is 354 g/mol. The largest absolute Gasteiger partial charge is 0.312 e. The second-order valence-corrected chi connectivity index (χ2v) is 7.18. The highest BCUT2D eigenvalue weighted by molar-refractivity contribution is 7.18. The van der Waals surface area contributed by atoms with Gasteiger partial charge in [0.1, 0.15) is 10.6 Å². The Labute approximate surface area is 147 Å². The average Bonchev–Trinajstić information content (AvgIpc) is 3.00. The molecule has 3 heterocycles. The van der Waals surface area contributed by atoms with Gasteiger partial charge in [-0.3, -0.25) is 9.36 Å². The highest BCUT2D eigenvalue weighted by atomic mass is 32.1. The smallest absolute Gasteiger partial charge is 0.262 e. The van der Waals surface area contributed by atoms with Crippen molar-refractivity contribution in [2.75, 3.05) is 6.54 Å². The maximum absolute atomic E-state index is 13.8. The van der Waals surface area contributed by atoms with Crippen molar-refractivity contribution in [3.8, 4) is 0 Å². The lowest BCUT2D eigenvalue weighted by molar-refractivity contribution is 0.590. The molecule has 0 aliphatic carbocycles. The van der Waals surface area contributed by atoms with Crippen LogP contribution in [0.15, 0.2) is 29.3 Å². The Morgan fingerprint density at radius 3 is 3.08 bits per heavy atom. The number of fused-ring (bicyclic) bond motifs is 3. The van der Waals surface area contributed by atoms with Crippen LogP contribution in [0, 0.1) is 12.4 Å². The van der Waals surface area contributed by atoms with Crippen LogP contribution in [0.2, 0.25) is 0 Å². The third kappa shape index (κ3) is 2.64. The minimum atomic E-state index is -0.476. The van der Waals surface area contributed by atoms with Gasteiger partial charge >= 0.3 is 0 Å². The molecule has 1 aliphatic heterocycles. The van der Waals surface area contributed by atoms with Gasteiger partial charge in [-0.05, 0) is 43.1 Å². The molecule has 0 amide bonds. The van der Waals surface area contributed by atoms with Gasteiger partial charge < -0.3 is 5.32 Å². The van der Waals surface area contributed by atoms with Crippen LogP contribution in [-0.4, -0.2) is 16.1 Å². The molecule has 1 atom stereocenters. The van der Waals surface area contributed by atoms with E-state index >= 15 is 0 Å². The van der Waals surface area contributed by atoms with Gasteiger partial charge in [0.2, 0.25) is 0 Å². The molecule has 126 valence electrons. The molecular weight excluding hydrogens is 339 g/mol. The minimum absolute atomic E-state index is 0.106. The fourth-order valence-corrected chi connectivity index (χ4v) is 4.41. The van der Waals surface area contributed by atoms with E-state index in [2.05, 4.69) is 15.1 Å². The molecule has 0 saturated carbocycles. The number of hydrogen-bond donors (Lipinski definition) is 1. The van der Waals surface area contributed by atoms with Gasteiger partial charge in [-0.2, -0.15) is 0 Å². The molecule has 1 aliphatic rings. The summed E-state index contributed by atoms with van der Waals surface area (Å²) >= 11 is 1.55. The molecule has 0 saturated heterocycles. The van der Waals surface area contributed by atoms with Crippen molar-refractivity contribution in [1.29, 1.82) is 0 Å². The quantitative estimate of drug-likeness (QED) is 0.718. The van der Waals surface area contributed by atoms with Gasteiger partial charge in [0.05, 0.1) is 24.3 Å². The molecule has 25 heavy (non-hydrogen) atoms. The van der Waals surface area contributed by atoms with Crippen LogP contribution >= 0.6 is 11.3 Å². The van der Waals surface area contributed by atoms with Crippen molar-refractivity contribution in [2.45, 2.75) is 25.9 Å². The fourth-order valence-electron chi connectivity index (χ4n) is 3.27. The van der Waals surface area contributed by atoms with Crippen LogP contribution in [0.3, 0.4) is 0 Å². The van der Waals surface area contributed by atoms with E-state index < -0.39 is 11.9 Å². The zero-order chi connectivity index (χ0) is 17.6. The Morgan fingerprint density at radius 1 is 1.44 bits per heavy atom. The predicted molar refractivity (Wildman–Crippen MR) is 95.8 cm³/mol. The summed E-state index contributed by atoms with van der Waals surface area (Å²) in [7, 11) is 0. The number of nitrogens with zero attached hydrogens (tertiary/aromatic N) is 3. The molecule has 1 aromatic carbocycles. The van der Waals surface area contributed by atoms with Crippen molar-refractivity contribution in [3.05, 3.63) is 68.1 Å². The molecular formula is C18H15FN4OS. The number of nitrogens with one attached hydrogen (secondary N) is 1. The summed E-state index contributed by atoms with van der Waals surface area (Å²) in [5.74, 6) is -0.476. The standard InChI is InChI=1S/C18H15FN4OS/c1-10(11-5-12(19)7-13(6-11)20-2)23-9-22-17-16(18(23)24)14-3-4-21-8-15(14)25-17/h5-7,9-10,21H,3-4,8H2,1H3/t10-/m1/s1. The Morgan fingerprint density at radius 2 is 2.28 bits per heavy atom. The molecule has 0 bridgehead atoms. The zero-order valence-electron chi connectivity index (χ0n) is 13.5. The van der Waals surface area contributed by atoms with Gasteiger partial charge in [0.15, 0.2) is 5.69 Å². The lowest BCUT2D eigenvalue weighted by Gasteiger charge is -2.16. The van der Waals surface area contributed by atoms with Gasteiger partial charge in [-0.25, -0.2) is 14.2 Å². The van der Waals surface area contributed by atoms with Gasteiger partial charge in [0, 0.05) is 11.4 Å². The first-order chi connectivity index (χ1) is 12.1. The molecule has 4 rings (SSSR count). The fraction of sp³-hybridized carbons (Fsp3) is 0.278. The lowest BCUT2D eigenvalue weighted by atomic mass is 10.1. The summed E-state index contributed by atoms with van der Waals surface area (Å²) in [4.78, 5) is 22.7. The van der Waals surface area contributed by atoms with Crippen molar-refractivity contribution in [3.63, 3.8) is 0 Å². The first-order valence-electron chi connectivity index (χ1n) is 7.98. The Kier molecular flexibility index (Phi) is 3.86. The lowest BCUT2D eigenvalue weighted by Crippen LogP contribution is -2.26. The molecule has 3 aromatic rings. The van der Waals surface area contributed by atoms with E-state index in [0.29, 0.717) is 10.9 Å². The van der Waals surface area contributed by atoms with Crippen molar-refractivity contribution in [2.24, 2.45) is 0 Å². The number of thiophene rings is 1. The number of aromatic nitrogens is 2. The third-order valence-corrected chi connectivity index (χ3v) is 5.73. The van der Waals surface area contributed by atoms with E-state index in [4.69, 9.17) is 6.57 Å². The van der Waals surface area contributed by atoms with Crippen molar-refractivity contribution >= 4 is 27.2 Å². The van der Waals surface area contributed by atoms with E-state index in [1.54, 1.807) is 17.4 Å². The second-order valence-electron chi connectivity index (χ2n) is 6.10. The third-order valence-electron chi connectivity index (χ3n) is 4.59. The van der Waals surface area contributed by atoms with E-state index in [1.165, 1.54) is 23.0 Å². The topological polar surface area (TPSA) is 51.3 Å². The van der Waals surface area contributed by atoms with Gasteiger partial charge in [-0.1, -0.05) is 6.07 Å². The van der Waals surface area contributed by atoms with Crippen molar-refractivity contribution < 1.29 is 4.39 Å². The van der Waals surface area contributed by atoms with Crippen LogP contribution < -0.4 is 10.9 Å². The summed E-state index contributed by atoms with van der Waals surface area (Å²) in [5, 5.41) is 3.99. The molecule has 2 aromatic heterocycles. The van der Waals surface area contributed by atoms with E-state index in [1.807, 2.05) is 6.92 Å².